The third-order valence-electron chi connectivity index (χ3n) is 8.39. The second kappa shape index (κ2) is 17.4. The number of aromatic nitrogens is 1. The summed E-state index contributed by atoms with van der Waals surface area (Å²) < 4.78 is 30.0. The summed E-state index contributed by atoms with van der Waals surface area (Å²) >= 11 is 7.32. The number of methoxy groups -OCH3 is 1. The highest BCUT2D eigenvalue weighted by molar-refractivity contribution is 7.07. The number of rotatable bonds is 15. The Morgan fingerprint density at radius 1 is 0.923 bits per heavy atom. The maximum absolute atomic E-state index is 14.5. The average Bonchev–Trinajstić information content (AvgIpc) is 3.44. The van der Waals surface area contributed by atoms with Crippen molar-refractivity contribution in [1.29, 1.82) is 0 Å². The van der Waals surface area contributed by atoms with Crippen molar-refractivity contribution in [3.63, 3.8) is 0 Å². The Morgan fingerprint density at radius 3 is 2.35 bits per heavy atom. The van der Waals surface area contributed by atoms with Gasteiger partial charge in [-0.05, 0) is 88.2 Å². The first-order chi connectivity index (χ1) is 25.1. The lowest BCUT2D eigenvalue weighted by atomic mass is 9.95. The van der Waals surface area contributed by atoms with Gasteiger partial charge in [0, 0.05) is 35.4 Å². The Balaban J connectivity index is 1.64. The standard InChI is InChI=1S/C39H42ClN3O8S/c1-7-42(8-2)29-17-13-26(31(21-29)50-22-25-11-15-28(40)16-12-25)20-33-37(45)43-36(35(38(46)49-10-4)24(5)41-39(43)52-33)27-14-18-30(32(19-27)48-9-3)51-23-34(44)47-6/h11-21,36H,7-10,22-23H2,1-6H3/b33-20+/t36-/m0/s1. The third kappa shape index (κ3) is 8.51. The van der Waals surface area contributed by atoms with Gasteiger partial charge in [-0.3, -0.25) is 9.36 Å². The number of hydrogen-bond donors (Lipinski definition) is 0. The van der Waals surface area contributed by atoms with E-state index in [-0.39, 0.29) is 24.3 Å². The van der Waals surface area contributed by atoms with Crippen molar-refractivity contribution < 1.29 is 33.3 Å². The van der Waals surface area contributed by atoms with Crippen molar-refractivity contribution in [3.05, 3.63) is 113 Å². The Kier molecular flexibility index (Phi) is 12.8. The van der Waals surface area contributed by atoms with E-state index < -0.39 is 18.0 Å². The molecule has 1 atom stereocenters. The van der Waals surface area contributed by atoms with Gasteiger partial charge < -0.3 is 28.6 Å². The minimum absolute atomic E-state index is 0.138. The van der Waals surface area contributed by atoms with Crippen LogP contribution in [0.25, 0.3) is 6.08 Å². The van der Waals surface area contributed by atoms with Gasteiger partial charge in [0.15, 0.2) is 22.9 Å². The highest BCUT2D eigenvalue weighted by Gasteiger charge is 2.34. The molecular formula is C39H42ClN3O8S. The summed E-state index contributed by atoms with van der Waals surface area (Å²) in [6.45, 7) is 11.5. The molecule has 3 aromatic carbocycles. The molecule has 0 aliphatic carbocycles. The quantitative estimate of drug-likeness (QED) is 0.139. The first-order valence-electron chi connectivity index (χ1n) is 17.0. The predicted octanol–water partition coefficient (Wildman–Crippen LogP) is 5.83. The highest BCUT2D eigenvalue weighted by Crippen LogP contribution is 2.36. The van der Waals surface area contributed by atoms with Crippen LogP contribution in [0.5, 0.6) is 17.2 Å². The Hall–Kier alpha value is -5.07. The molecule has 0 fully saturated rings. The van der Waals surface area contributed by atoms with Gasteiger partial charge in [-0.2, -0.15) is 0 Å². The maximum atomic E-state index is 14.5. The number of benzene rings is 3. The van der Waals surface area contributed by atoms with E-state index in [2.05, 4.69) is 18.7 Å². The lowest BCUT2D eigenvalue weighted by molar-refractivity contribution is -0.143. The molecule has 5 rings (SSSR count). The predicted molar refractivity (Wildman–Crippen MR) is 201 cm³/mol. The largest absolute Gasteiger partial charge is 0.490 e. The number of esters is 2. The molecule has 4 aromatic rings. The summed E-state index contributed by atoms with van der Waals surface area (Å²) in [7, 11) is 1.27. The summed E-state index contributed by atoms with van der Waals surface area (Å²) in [5.41, 5.74) is 3.51. The molecule has 13 heteroatoms. The molecule has 0 spiro atoms. The van der Waals surface area contributed by atoms with Crippen LogP contribution in [-0.4, -0.2) is 56.5 Å². The van der Waals surface area contributed by atoms with Crippen molar-refractivity contribution in [2.75, 3.05) is 44.9 Å². The van der Waals surface area contributed by atoms with Gasteiger partial charge in [0.25, 0.3) is 5.56 Å². The van der Waals surface area contributed by atoms with E-state index in [9.17, 15) is 14.4 Å². The van der Waals surface area contributed by atoms with E-state index in [0.717, 1.165) is 24.3 Å². The molecule has 2 heterocycles. The van der Waals surface area contributed by atoms with Gasteiger partial charge in [-0.1, -0.05) is 41.1 Å². The van der Waals surface area contributed by atoms with E-state index in [1.165, 1.54) is 23.0 Å². The number of fused-ring (bicyclic) bond motifs is 1. The number of anilines is 1. The normalized spacial score (nSPS) is 14.0. The van der Waals surface area contributed by atoms with Gasteiger partial charge >= 0.3 is 11.9 Å². The topological polar surface area (TPSA) is 118 Å². The minimum Gasteiger partial charge on any atom is -0.490 e. The first-order valence-corrected chi connectivity index (χ1v) is 18.2. The monoisotopic (exact) mass is 747 g/mol. The van der Waals surface area contributed by atoms with E-state index in [1.54, 1.807) is 38.1 Å². The van der Waals surface area contributed by atoms with Crippen molar-refractivity contribution in [3.8, 4) is 17.2 Å². The molecule has 0 saturated heterocycles. The average molecular weight is 748 g/mol. The minimum atomic E-state index is -0.892. The smallest absolute Gasteiger partial charge is 0.343 e. The molecule has 1 aliphatic rings. The molecule has 1 aromatic heterocycles. The second-order valence-electron chi connectivity index (χ2n) is 11.6. The summed E-state index contributed by atoms with van der Waals surface area (Å²) in [6.07, 6.45) is 1.79. The van der Waals surface area contributed by atoms with Crippen LogP contribution in [0, 0.1) is 0 Å². The maximum Gasteiger partial charge on any atom is 0.343 e. The third-order valence-corrected chi connectivity index (χ3v) is 9.63. The number of nitrogens with zero attached hydrogens (tertiary/aromatic N) is 3. The molecule has 0 radical (unpaired) electrons. The number of carbonyl (C=O) groups excluding carboxylic acids is 2. The van der Waals surface area contributed by atoms with E-state index in [1.807, 2.05) is 49.4 Å². The number of thiazole rings is 1. The summed E-state index contributed by atoms with van der Waals surface area (Å²) in [4.78, 5) is 47.1. The molecule has 11 nitrogen and oxygen atoms in total. The fourth-order valence-electron chi connectivity index (χ4n) is 5.82. The number of hydrogen-bond acceptors (Lipinski definition) is 11. The van der Waals surface area contributed by atoms with Crippen molar-refractivity contribution >= 4 is 46.6 Å². The second-order valence-corrected chi connectivity index (χ2v) is 13.1. The van der Waals surface area contributed by atoms with Crippen LogP contribution >= 0.6 is 22.9 Å². The van der Waals surface area contributed by atoms with Crippen molar-refractivity contribution in [1.82, 2.24) is 4.57 Å². The molecule has 0 amide bonds. The molecule has 0 saturated carbocycles. The van der Waals surface area contributed by atoms with Gasteiger partial charge in [-0.15, -0.1) is 0 Å². The fraction of sp³-hybridized carbons (Fsp3) is 0.333. The summed E-state index contributed by atoms with van der Waals surface area (Å²) in [5.74, 6) is 0.106. The highest BCUT2D eigenvalue weighted by atomic mass is 35.5. The fourth-order valence-corrected chi connectivity index (χ4v) is 6.98. The van der Waals surface area contributed by atoms with Crippen LogP contribution in [0.4, 0.5) is 5.69 Å². The van der Waals surface area contributed by atoms with Crippen LogP contribution in [0.15, 0.2) is 81.7 Å². The van der Waals surface area contributed by atoms with Crippen LogP contribution in [0.1, 0.15) is 57.4 Å². The Bertz CT molecular complexity index is 2140. The van der Waals surface area contributed by atoms with Gasteiger partial charge in [0.1, 0.15) is 12.4 Å². The Labute approximate surface area is 311 Å². The first kappa shape index (κ1) is 38.2. The van der Waals surface area contributed by atoms with E-state index >= 15 is 0 Å². The summed E-state index contributed by atoms with van der Waals surface area (Å²) in [5, 5.41) is 0.639. The molecule has 0 N–H and O–H groups in total. The molecule has 1 aliphatic heterocycles. The van der Waals surface area contributed by atoms with Gasteiger partial charge in [0.2, 0.25) is 0 Å². The van der Waals surface area contributed by atoms with E-state index in [4.69, 9.17) is 40.3 Å². The van der Waals surface area contributed by atoms with Crippen LogP contribution < -0.4 is 34.0 Å². The number of ether oxygens (including phenoxy) is 5. The summed E-state index contributed by atoms with van der Waals surface area (Å²) in [6, 6.07) is 17.6. The number of halogens is 1. The molecule has 274 valence electrons. The van der Waals surface area contributed by atoms with Crippen LogP contribution in [-0.2, 0) is 25.7 Å². The lowest BCUT2D eigenvalue weighted by Crippen LogP contribution is -2.40. The zero-order valence-corrected chi connectivity index (χ0v) is 31.6. The Morgan fingerprint density at radius 2 is 1.67 bits per heavy atom. The number of carbonyl (C=O) groups is 2. The van der Waals surface area contributed by atoms with Crippen molar-refractivity contribution in [2.24, 2.45) is 4.99 Å². The molecule has 0 bridgehead atoms. The zero-order chi connectivity index (χ0) is 37.4. The van der Waals surface area contributed by atoms with Gasteiger partial charge in [-0.25, -0.2) is 14.6 Å². The molecule has 52 heavy (non-hydrogen) atoms. The molecular weight excluding hydrogens is 706 g/mol. The van der Waals surface area contributed by atoms with Crippen molar-refractivity contribution in [2.45, 2.75) is 47.3 Å². The van der Waals surface area contributed by atoms with Gasteiger partial charge in [0.05, 0.1) is 42.2 Å². The lowest BCUT2D eigenvalue weighted by Gasteiger charge is -2.25. The van der Waals surface area contributed by atoms with E-state index in [0.29, 0.717) is 61.6 Å². The zero-order valence-electron chi connectivity index (χ0n) is 30.1. The number of allylic oxidation sites excluding steroid dienone is 1. The SMILES string of the molecule is CCOC(=O)C1=C(C)N=c2s/c(=C/c3ccc(N(CC)CC)cc3OCc3ccc(Cl)cc3)c(=O)n2[C@H]1c1ccc(OCC(=O)OC)c(OCC)c1. The molecule has 0 unspecified atom stereocenters. The van der Waals surface area contributed by atoms with Crippen LogP contribution in [0.2, 0.25) is 5.02 Å². The van der Waals surface area contributed by atoms with Crippen LogP contribution in [0.3, 0.4) is 0 Å².